The van der Waals surface area contributed by atoms with Gasteiger partial charge in [0.15, 0.2) is 0 Å². The molecule has 1 saturated heterocycles. The van der Waals surface area contributed by atoms with Gasteiger partial charge in [-0.3, -0.25) is 4.79 Å². The van der Waals surface area contributed by atoms with Crippen LogP contribution in [0.2, 0.25) is 0 Å². The molecule has 0 aromatic carbocycles. The highest BCUT2D eigenvalue weighted by atomic mass is 35.5. The summed E-state index contributed by atoms with van der Waals surface area (Å²) in [5.74, 6) is 0.0932. The van der Waals surface area contributed by atoms with Crippen LogP contribution in [-0.2, 0) is 4.79 Å². The Morgan fingerprint density at radius 1 is 1.69 bits per heavy atom. The van der Waals surface area contributed by atoms with E-state index in [1.54, 1.807) is 6.92 Å². The molecular formula is C11H18ClN3O. The van der Waals surface area contributed by atoms with E-state index in [-0.39, 0.29) is 17.0 Å². The maximum Gasteiger partial charge on any atom is 0.244 e. The maximum absolute atomic E-state index is 12.0. The van der Waals surface area contributed by atoms with Gasteiger partial charge in [0.25, 0.3) is 0 Å². The standard InChI is InChI=1S/C11H18ClN3O/c1-8-4-3-5-15(8)11(16)9(2)14-7-10(12)6-13/h6-9,13-14H,3-5H2,1-2H3/b10-7+,13-6?. The van der Waals surface area contributed by atoms with Crippen molar-refractivity contribution in [2.75, 3.05) is 6.54 Å². The quantitative estimate of drug-likeness (QED) is 0.739. The zero-order valence-corrected chi connectivity index (χ0v) is 10.4. The van der Waals surface area contributed by atoms with Gasteiger partial charge in [-0.15, -0.1) is 0 Å². The molecule has 0 radical (unpaired) electrons. The van der Waals surface area contributed by atoms with Crippen LogP contribution in [0.1, 0.15) is 26.7 Å². The van der Waals surface area contributed by atoms with Gasteiger partial charge < -0.3 is 15.6 Å². The van der Waals surface area contributed by atoms with Crippen LogP contribution in [0.15, 0.2) is 11.2 Å². The fraction of sp³-hybridized carbons (Fsp3) is 0.636. The lowest BCUT2D eigenvalue weighted by molar-refractivity contribution is -0.133. The molecule has 0 aromatic rings. The Balaban J connectivity index is 2.50. The Morgan fingerprint density at radius 3 is 2.88 bits per heavy atom. The molecule has 2 unspecified atom stereocenters. The van der Waals surface area contributed by atoms with E-state index in [0.717, 1.165) is 25.6 Å². The average Bonchev–Trinajstić information content (AvgIpc) is 2.70. The monoisotopic (exact) mass is 243 g/mol. The summed E-state index contributed by atoms with van der Waals surface area (Å²) >= 11 is 5.63. The van der Waals surface area contributed by atoms with Crippen molar-refractivity contribution in [3.63, 3.8) is 0 Å². The number of hydrogen-bond donors (Lipinski definition) is 2. The number of amides is 1. The molecular weight excluding hydrogens is 226 g/mol. The number of rotatable bonds is 4. The summed E-state index contributed by atoms with van der Waals surface area (Å²) < 4.78 is 0. The first-order valence-electron chi connectivity index (χ1n) is 5.49. The van der Waals surface area contributed by atoms with Crippen LogP contribution in [0, 0.1) is 5.41 Å². The third-order valence-electron chi connectivity index (χ3n) is 2.82. The largest absolute Gasteiger partial charge is 0.379 e. The third-order valence-corrected chi connectivity index (χ3v) is 3.03. The second kappa shape index (κ2) is 5.89. The highest BCUT2D eigenvalue weighted by molar-refractivity contribution is 6.38. The summed E-state index contributed by atoms with van der Waals surface area (Å²) in [5.41, 5.74) is 0. The number of carbonyl (C=O) groups is 1. The summed E-state index contributed by atoms with van der Waals surface area (Å²) in [6.45, 7) is 4.71. The van der Waals surface area contributed by atoms with Crippen LogP contribution in [0.3, 0.4) is 0 Å². The van der Waals surface area contributed by atoms with Gasteiger partial charge in [-0.05, 0) is 26.7 Å². The Bertz CT molecular complexity index is 304. The molecule has 1 aliphatic heterocycles. The van der Waals surface area contributed by atoms with E-state index < -0.39 is 0 Å². The molecule has 5 heteroatoms. The number of likely N-dealkylation sites (tertiary alicyclic amines) is 1. The minimum absolute atomic E-state index is 0.0932. The number of carbonyl (C=O) groups excluding carboxylic acids is 1. The van der Waals surface area contributed by atoms with Crippen LogP contribution in [0.4, 0.5) is 0 Å². The lowest BCUT2D eigenvalue weighted by Crippen LogP contribution is -2.44. The van der Waals surface area contributed by atoms with Crippen LogP contribution < -0.4 is 5.32 Å². The van der Waals surface area contributed by atoms with Crippen molar-refractivity contribution in [2.24, 2.45) is 0 Å². The van der Waals surface area contributed by atoms with E-state index in [9.17, 15) is 4.79 Å². The van der Waals surface area contributed by atoms with E-state index in [1.807, 2.05) is 4.90 Å². The fourth-order valence-electron chi connectivity index (χ4n) is 1.83. The van der Waals surface area contributed by atoms with Gasteiger partial charge in [-0.1, -0.05) is 11.6 Å². The molecule has 0 aliphatic carbocycles. The normalized spacial score (nSPS) is 23.1. The Kier molecular flexibility index (Phi) is 4.80. The number of halogens is 1. The number of nitrogens with one attached hydrogen (secondary N) is 2. The molecule has 1 amide bonds. The molecule has 1 fully saturated rings. The van der Waals surface area contributed by atoms with Crippen LogP contribution in [0.5, 0.6) is 0 Å². The van der Waals surface area contributed by atoms with Crippen molar-refractivity contribution in [3.8, 4) is 0 Å². The average molecular weight is 244 g/mol. The molecule has 1 heterocycles. The highest BCUT2D eigenvalue weighted by Gasteiger charge is 2.27. The molecule has 4 nitrogen and oxygen atoms in total. The van der Waals surface area contributed by atoms with Crippen molar-refractivity contribution in [1.29, 1.82) is 5.41 Å². The lowest BCUT2D eigenvalue weighted by atomic mass is 10.2. The zero-order valence-electron chi connectivity index (χ0n) is 9.66. The number of allylic oxidation sites excluding steroid dienone is 1. The first-order valence-corrected chi connectivity index (χ1v) is 5.86. The molecule has 0 aromatic heterocycles. The summed E-state index contributed by atoms with van der Waals surface area (Å²) in [6.07, 6.45) is 4.67. The van der Waals surface area contributed by atoms with Crippen molar-refractivity contribution in [2.45, 2.75) is 38.8 Å². The van der Waals surface area contributed by atoms with Gasteiger partial charge in [0.05, 0.1) is 5.03 Å². The minimum atomic E-state index is -0.297. The van der Waals surface area contributed by atoms with Crippen LogP contribution >= 0.6 is 11.6 Å². The summed E-state index contributed by atoms with van der Waals surface area (Å²) in [5, 5.41) is 10.1. The Labute approximate surface area is 101 Å². The predicted molar refractivity (Wildman–Crippen MR) is 65.7 cm³/mol. The van der Waals surface area contributed by atoms with Crippen molar-refractivity contribution in [3.05, 3.63) is 11.2 Å². The Hall–Kier alpha value is -1.03. The second-order valence-corrected chi connectivity index (χ2v) is 4.52. The SMILES string of the molecule is CC(N/C=C(/Cl)C=N)C(=O)N1CCCC1C. The van der Waals surface area contributed by atoms with Gasteiger partial charge >= 0.3 is 0 Å². The van der Waals surface area contributed by atoms with Gasteiger partial charge in [0.1, 0.15) is 6.04 Å². The second-order valence-electron chi connectivity index (χ2n) is 4.08. The minimum Gasteiger partial charge on any atom is -0.379 e. The predicted octanol–water partition coefficient (Wildman–Crippen LogP) is 1.71. The van der Waals surface area contributed by atoms with Crippen LogP contribution in [0.25, 0.3) is 0 Å². The topological polar surface area (TPSA) is 56.2 Å². The van der Waals surface area contributed by atoms with Crippen molar-refractivity contribution in [1.82, 2.24) is 10.2 Å². The van der Waals surface area contributed by atoms with E-state index in [4.69, 9.17) is 17.0 Å². The van der Waals surface area contributed by atoms with E-state index in [0.29, 0.717) is 6.04 Å². The van der Waals surface area contributed by atoms with Crippen molar-refractivity contribution < 1.29 is 4.79 Å². The van der Waals surface area contributed by atoms with Crippen molar-refractivity contribution >= 4 is 23.7 Å². The first-order chi connectivity index (χ1) is 7.56. The van der Waals surface area contributed by atoms with Gasteiger partial charge in [0.2, 0.25) is 5.91 Å². The van der Waals surface area contributed by atoms with Crippen LogP contribution in [-0.4, -0.2) is 35.7 Å². The lowest BCUT2D eigenvalue weighted by Gasteiger charge is -2.25. The van der Waals surface area contributed by atoms with E-state index in [2.05, 4.69) is 12.2 Å². The molecule has 0 bridgehead atoms. The Morgan fingerprint density at radius 2 is 2.38 bits per heavy atom. The zero-order chi connectivity index (χ0) is 12.1. The molecule has 2 atom stereocenters. The van der Waals surface area contributed by atoms with Gasteiger partial charge in [-0.25, -0.2) is 0 Å². The first kappa shape index (κ1) is 13.0. The summed E-state index contributed by atoms with van der Waals surface area (Å²) in [7, 11) is 0. The maximum atomic E-state index is 12.0. The molecule has 1 rings (SSSR count). The van der Waals surface area contributed by atoms with E-state index >= 15 is 0 Å². The number of hydrogen-bond acceptors (Lipinski definition) is 3. The van der Waals surface area contributed by atoms with E-state index in [1.165, 1.54) is 6.20 Å². The van der Waals surface area contributed by atoms with Gasteiger partial charge in [0, 0.05) is 25.0 Å². The molecule has 0 saturated carbocycles. The van der Waals surface area contributed by atoms with Gasteiger partial charge in [-0.2, -0.15) is 0 Å². The smallest absolute Gasteiger partial charge is 0.244 e. The molecule has 90 valence electrons. The summed E-state index contributed by atoms with van der Waals surface area (Å²) in [6, 6.07) is 0.0354. The number of nitrogens with zero attached hydrogens (tertiary/aromatic N) is 1. The molecule has 2 N–H and O–H groups in total. The molecule has 16 heavy (non-hydrogen) atoms. The fourth-order valence-corrected chi connectivity index (χ4v) is 1.89. The third kappa shape index (κ3) is 3.23. The summed E-state index contributed by atoms with van der Waals surface area (Å²) in [4.78, 5) is 13.9. The highest BCUT2D eigenvalue weighted by Crippen LogP contribution is 2.17. The molecule has 0 spiro atoms. The molecule has 1 aliphatic rings.